The van der Waals surface area contributed by atoms with Gasteiger partial charge < -0.3 is 4.98 Å². The van der Waals surface area contributed by atoms with Crippen molar-refractivity contribution < 1.29 is 0 Å². The molecule has 2 rings (SSSR count). The van der Waals surface area contributed by atoms with Gasteiger partial charge in [0.05, 0.1) is 5.69 Å². The second kappa shape index (κ2) is 4.35. The van der Waals surface area contributed by atoms with E-state index in [9.17, 15) is 0 Å². The van der Waals surface area contributed by atoms with Gasteiger partial charge in [-0.15, -0.1) is 0 Å². The van der Waals surface area contributed by atoms with E-state index in [1.54, 1.807) is 0 Å². The quantitative estimate of drug-likeness (QED) is 0.810. The number of H-pyrrole nitrogens is 1. The molecule has 1 N–H and O–H groups in total. The summed E-state index contributed by atoms with van der Waals surface area (Å²) in [6.07, 6.45) is 6.08. The first-order valence-electron chi connectivity index (χ1n) is 5.43. The van der Waals surface area contributed by atoms with Crippen molar-refractivity contribution in [3.8, 4) is 0 Å². The van der Waals surface area contributed by atoms with Crippen LogP contribution in [0.2, 0.25) is 0 Å². The average molecular weight is 212 g/mol. The summed E-state index contributed by atoms with van der Waals surface area (Å²) in [6.45, 7) is 6.21. The van der Waals surface area contributed by atoms with E-state index in [0.29, 0.717) is 0 Å². The van der Waals surface area contributed by atoms with E-state index in [1.165, 1.54) is 16.7 Å². The second-order valence-corrected chi connectivity index (χ2v) is 4.05. The fourth-order valence-electron chi connectivity index (χ4n) is 1.78. The molecule has 0 fully saturated rings. The minimum Gasteiger partial charge on any atom is -0.348 e. The Morgan fingerprint density at radius 1 is 1.06 bits per heavy atom. The van der Waals surface area contributed by atoms with Crippen LogP contribution in [0.25, 0.3) is 12.2 Å². The van der Waals surface area contributed by atoms with Crippen molar-refractivity contribution in [2.45, 2.75) is 20.8 Å². The molecular weight excluding hydrogens is 196 g/mol. The SMILES string of the molecule is Cc1nc(C=Cc2c(C)cccc2C)c[nH]1. The van der Waals surface area contributed by atoms with Crippen LogP contribution < -0.4 is 0 Å². The van der Waals surface area contributed by atoms with Crippen molar-refractivity contribution in [2.24, 2.45) is 0 Å². The summed E-state index contributed by atoms with van der Waals surface area (Å²) in [7, 11) is 0. The van der Waals surface area contributed by atoms with E-state index in [1.807, 2.05) is 19.2 Å². The Labute approximate surface area is 96.1 Å². The number of aryl methyl sites for hydroxylation is 3. The van der Waals surface area contributed by atoms with Crippen LogP contribution in [-0.2, 0) is 0 Å². The van der Waals surface area contributed by atoms with Crippen molar-refractivity contribution in [1.29, 1.82) is 0 Å². The Morgan fingerprint density at radius 2 is 1.75 bits per heavy atom. The second-order valence-electron chi connectivity index (χ2n) is 4.05. The van der Waals surface area contributed by atoms with Crippen LogP contribution >= 0.6 is 0 Å². The van der Waals surface area contributed by atoms with Crippen molar-refractivity contribution in [3.05, 3.63) is 52.6 Å². The average Bonchev–Trinajstić information content (AvgIpc) is 2.63. The molecule has 0 aliphatic heterocycles. The van der Waals surface area contributed by atoms with Gasteiger partial charge in [0.15, 0.2) is 0 Å². The smallest absolute Gasteiger partial charge is 0.103 e. The predicted molar refractivity (Wildman–Crippen MR) is 68.2 cm³/mol. The number of nitrogens with zero attached hydrogens (tertiary/aromatic N) is 1. The summed E-state index contributed by atoms with van der Waals surface area (Å²) < 4.78 is 0. The molecule has 0 bridgehead atoms. The van der Waals surface area contributed by atoms with Crippen molar-refractivity contribution in [1.82, 2.24) is 9.97 Å². The summed E-state index contributed by atoms with van der Waals surface area (Å²) in [5.74, 6) is 0.946. The third-order valence-electron chi connectivity index (χ3n) is 2.69. The fraction of sp³-hybridized carbons (Fsp3) is 0.214. The minimum absolute atomic E-state index is 0.946. The third-order valence-corrected chi connectivity index (χ3v) is 2.69. The molecule has 16 heavy (non-hydrogen) atoms. The van der Waals surface area contributed by atoms with Crippen molar-refractivity contribution in [2.75, 3.05) is 0 Å². The van der Waals surface area contributed by atoms with E-state index in [-0.39, 0.29) is 0 Å². The first-order chi connectivity index (χ1) is 7.66. The predicted octanol–water partition coefficient (Wildman–Crippen LogP) is 3.51. The highest BCUT2D eigenvalue weighted by Crippen LogP contribution is 2.16. The largest absolute Gasteiger partial charge is 0.348 e. The summed E-state index contributed by atoms with van der Waals surface area (Å²) >= 11 is 0. The fourth-order valence-corrected chi connectivity index (χ4v) is 1.78. The maximum absolute atomic E-state index is 4.34. The molecule has 0 saturated heterocycles. The summed E-state index contributed by atoms with van der Waals surface area (Å²) in [5, 5.41) is 0. The van der Waals surface area contributed by atoms with Gasteiger partial charge in [0.25, 0.3) is 0 Å². The van der Waals surface area contributed by atoms with Gasteiger partial charge in [0, 0.05) is 6.20 Å². The van der Waals surface area contributed by atoms with Gasteiger partial charge in [-0.2, -0.15) is 0 Å². The van der Waals surface area contributed by atoms with Gasteiger partial charge in [-0.05, 0) is 43.5 Å². The highest BCUT2D eigenvalue weighted by Gasteiger charge is 1.98. The monoisotopic (exact) mass is 212 g/mol. The maximum Gasteiger partial charge on any atom is 0.103 e. The number of hydrogen-bond acceptors (Lipinski definition) is 1. The topological polar surface area (TPSA) is 28.7 Å². The first-order valence-corrected chi connectivity index (χ1v) is 5.43. The van der Waals surface area contributed by atoms with Crippen LogP contribution in [0, 0.1) is 20.8 Å². The van der Waals surface area contributed by atoms with E-state index < -0.39 is 0 Å². The molecule has 2 aromatic rings. The lowest BCUT2D eigenvalue weighted by molar-refractivity contribution is 1.15. The molecule has 0 spiro atoms. The summed E-state index contributed by atoms with van der Waals surface area (Å²) in [4.78, 5) is 7.41. The molecule has 1 aromatic heterocycles. The number of nitrogens with one attached hydrogen (secondary N) is 1. The lowest BCUT2D eigenvalue weighted by atomic mass is 10.0. The first kappa shape index (κ1) is 10.7. The van der Waals surface area contributed by atoms with Crippen molar-refractivity contribution in [3.63, 3.8) is 0 Å². The number of rotatable bonds is 2. The van der Waals surface area contributed by atoms with Gasteiger partial charge in [0.2, 0.25) is 0 Å². The molecule has 82 valence electrons. The van der Waals surface area contributed by atoms with E-state index in [4.69, 9.17) is 0 Å². The van der Waals surface area contributed by atoms with Crippen LogP contribution in [0.3, 0.4) is 0 Å². The normalized spacial score (nSPS) is 11.2. The van der Waals surface area contributed by atoms with Gasteiger partial charge in [-0.3, -0.25) is 0 Å². The highest BCUT2D eigenvalue weighted by molar-refractivity contribution is 5.71. The Kier molecular flexibility index (Phi) is 2.91. The van der Waals surface area contributed by atoms with Crippen LogP contribution in [0.4, 0.5) is 0 Å². The summed E-state index contributed by atoms with van der Waals surface area (Å²) in [6, 6.07) is 6.34. The van der Waals surface area contributed by atoms with E-state index >= 15 is 0 Å². The Balaban J connectivity index is 2.30. The number of imidazole rings is 1. The molecule has 0 saturated carbocycles. The molecule has 2 heteroatoms. The Bertz CT molecular complexity index is 501. The molecule has 0 atom stereocenters. The zero-order valence-corrected chi connectivity index (χ0v) is 9.91. The third kappa shape index (κ3) is 2.22. The number of hydrogen-bond donors (Lipinski definition) is 1. The van der Waals surface area contributed by atoms with E-state index in [2.05, 4.69) is 48.1 Å². The van der Waals surface area contributed by atoms with Gasteiger partial charge >= 0.3 is 0 Å². The molecule has 0 radical (unpaired) electrons. The van der Waals surface area contributed by atoms with Crippen LogP contribution in [0.15, 0.2) is 24.4 Å². The van der Waals surface area contributed by atoms with Gasteiger partial charge in [0.1, 0.15) is 5.82 Å². The minimum atomic E-state index is 0.946. The van der Waals surface area contributed by atoms with Gasteiger partial charge in [-0.25, -0.2) is 4.98 Å². The van der Waals surface area contributed by atoms with Gasteiger partial charge in [-0.1, -0.05) is 24.3 Å². The van der Waals surface area contributed by atoms with E-state index in [0.717, 1.165) is 11.5 Å². The maximum atomic E-state index is 4.34. The number of aromatic amines is 1. The highest BCUT2D eigenvalue weighted by atomic mass is 14.9. The molecule has 2 nitrogen and oxygen atoms in total. The Hall–Kier alpha value is -1.83. The molecule has 1 aromatic carbocycles. The molecule has 1 heterocycles. The lowest BCUT2D eigenvalue weighted by Crippen LogP contribution is -1.84. The van der Waals surface area contributed by atoms with Crippen LogP contribution in [0.1, 0.15) is 28.2 Å². The van der Waals surface area contributed by atoms with Crippen LogP contribution in [0.5, 0.6) is 0 Å². The molecule has 0 unspecified atom stereocenters. The molecular formula is C14H16N2. The molecule has 0 aliphatic rings. The number of aromatic nitrogens is 2. The Morgan fingerprint density at radius 3 is 2.31 bits per heavy atom. The lowest BCUT2D eigenvalue weighted by Gasteiger charge is -2.03. The molecule has 0 aliphatic carbocycles. The van der Waals surface area contributed by atoms with Crippen molar-refractivity contribution >= 4 is 12.2 Å². The standard InChI is InChI=1S/C14H16N2/c1-10-5-4-6-11(2)14(10)8-7-13-9-15-12(3)16-13/h4-9H,1-3H3,(H,15,16). The molecule has 0 amide bonds. The zero-order chi connectivity index (χ0) is 11.5. The zero-order valence-electron chi connectivity index (χ0n) is 9.91. The summed E-state index contributed by atoms with van der Waals surface area (Å²) in [5.41, 5.74) is 4.84. The number of benzene rings is 1. The van der Waals surface area contributed by atoms with Crippen LogP contribution in [-0.4, -0.2) is 9.97 Å².